The van der Waals surface area contributed by atoms with Crippen LogP contribution in [0.1, 0.15) is 40.0 Å². The first-order valence-corrected chi connectivity index (χ1v) is 12.4. The molecule has 1 amide bonds. The summed E-state index contributed by atoms with van der Waals surface area (Å²) in [7, 11) is 2.04. The first kappa shape index (κ1) is 26.1. The molecule has 0 N–H and O–H groups in total. The van der Waals surface area contributed by atoms with Crippen molar-refractivity contribution in [2.24, 2.45) is 0 Å². The van der Waals surface area contributed by atoms with Crippen molar-refractivity contribution in [3.63, 3.8) is 0 Å². The number of pyridine rings is 1. The molecule has 0 radical (unpaired) electrons. The molecule has 2 aromatic rings. The van der Waals surface area contributed by atoms with Crippen LogP contribution >= 0.6 is 11.6 Å². The average Bonchev–Trinajstić information content (AvgIpc) is 3.23. The number of fused-ring (bicyclic) bond motifs is 1. The largest absolute Gasteiger partial charge is 0.462 e. The lowest BCUT2D eigenvalue weighted by molar-refractivity contribution is 0.0145. The fourth-order valence-corrected chi connectivity index (χ4v) is 4.69. The lowest BCUT2D eigenvalue weighted by atomic mass is 10.1. The molecule has 10 nitrogen and oxygen atoms in total. The minimum Gasteiger partial charge on any atom is -0.462 e. The third kappa shape index (κ3) is 5.71. The number of likely N-dealkylation sites (tertiary alicyclic amines) is 1. The van der Waals surface area contributed by atoms with E-state index in [1.54, 1.807) is 25.7 Å². The van der Waals surface area contributed by atoms with Gasteiger partial charge >= 0.3 is 12.1 Å². The molecular weight excluding hydrogens is 489 g/mol. The van der Waals surface area contributed by atoms with Crippen LogP contribution in [0, 0.1) is 17.1 Å². The summed E-state index contributed by atoms with van der Waals surface area (Å²) in [4.78, 5) is 31.3. The van der Waals surface area contributed by atoms with E-state index in [1.807, 2.05) is 11.9 Å². The normalized spacial score (nSPS) is 21.0. The number of ether oxygens (including phenoxy) is 2. The van der Waals surface area contributed by atoms with E-state index in [-0.39, 0.29) is 29.1 Å². The number of nitriles is 1. The number of piperazine rings is 1. The van der Waals surface area contributed by atoms with Gasteiger partial charge < -0.3 is 24.2 Å². The summed E-state index contributed by atoms with van der Waals surface area (Å²) in [5, 5.41) is 9.51. The van der Waals surface area contributed by atoms with Gasteiger partial charge in [-0.1, -0.05) is 11.6 Å². The topological polar surface area (TPSA) is 108 Å². The first-order valence-electron chi connectivity index (χ1n) is 12.0. The molecule has 4 heterocycles. The quantitative estimate of drug-likeness (QED) is 0.547. The molecular formula is C24H31ClFN7O3. The monoisotopic (exact) mass is 519 g/mol. The summed E-state index contributed by atoms with van der Waals surface area (Å²) in [6, 6.07) is 1.99. The number of aromatic nitrogens is 3. The van der Waals surface area contributed by atoms with Crippen LogP contribution in [0.25, 0.3) is 10.9 Å². The second-order valence-corrected chi connectivity index (χ2v) is 10.5. The maximum atomic E-state index is 15.0. The van der Waals surface area contributed by atoms with Gasteiger partial charge in [0, 0.05) is 31.9 Å². The Morgan fingerprint density at radius 1 is 1.28 bits per heavy atom. The Morgan fingerprint density at radius 2 is 2.06 bits per heavy atom. The molecule has 0 spiro atoms. The third-order valence-electron chi connectivity index (χ3n) is 6.41. The van der Waals surface area contributed by atoms with Crippen LogP contribution in [-0.4, -0.2) is 88.4 Å². The van der Waals surface area contributed by atoms with Gasteiger partial charge in [-0.05, 0) is 47.2 Å². The second kappa shape index (κ2) is 10.6. The number of carbonyl (C=O) groups is 1. The molecule has 12 heteroatoms. The number of hydrogen-bond donors (Lipinski definition) is 0. The van der Waals surface area contributed by atoms with E-state index in [4.69, 9.17) is 21.1 Å². The standard InChI is InChI=1S/C24H31ClFN7O3/c1-24(2,3)36-23(34)33-11-10-32(13-15(33)7-8-27)21-17-12-28-20(25)18(26)19(17)29-22(30-21)35-14-16-6-5-9-31(16)4/h12,15-16H,5-7,9-11,13-14H2,1-4H3/t15-,16-/m0/s1. The number of hydrogen-bond acceptors (Lipinski definition) is 9. The lowest BCUT2D eigenvalue weighted by Gasteiger charge is -2.41. The number of halogens is 2. The molecule has 2 aliphatic heterocycles. The molecule has 2 aromatic heterocycles. The predicted octanol–water partition coefficient (Wildman–Crippen LogP) is 3.63. The summed E-state index contributed by atoms with van der Waals surface area (Å²) in [5.74, 6) is -0.328. The van der Waals surface area contributed by atoms with Gasteiger partial charge in [0.2, 0.25) is 0 Å². The SMILES string of the molecule is CN1CCC[C@H]1COc1nc(N2CCN(C(=O)OC(C)(C)C)[C@@H](CC#N)C2)c2cnc(Cl)c(F)c2n1. The van der Waals surface area contributed by atoms with Gasteiger partial charge in [0.05, 0.1) is 23.9 Å². The molecule has 2 fully saturated rings. The number of carbonyl (C=O) groups excluding carboxylic acids is 1. The van der Waals surface area contributed by atoms with E-state index in [9.17, 15) is 14.4 Å². The molecule has 0 unspecified atom stereocenters. The fraction of sp³-hybridized carbons (Fsp3) is 0.625. The van der Waals surface area contributed by atoms with Gasteiger partial charge in [0.1, 0.15) is 23.5 Å². The van der Waals surface area contributed by atoms with Gasteiger partial charge in [-0.25, -0.2) is 14.2 Å². The van der Waals surface area contributed by atoms with Crippen LogP contribution in [0.2, 0.25) is 5.15 Å². The highest BCUT2D eigenvalue weighted by atomic mass is 35.5. The van der Waals surface area contributed by atoms with Crippen LogP contribution in [0.5, 0.6) is 6.01 Å². The summed E-state index contributed by atoms with van der Waals surface area (Å²) in [6.45, 7) is 7.76. The van der Waals surface area contributed by atoms with Crippen molar-refractivity contribution in [2.75, 3.05) is 44.7 Å². The van der Waals surface area contributed by atoms with Crippen molar-refractivity contribution in [2.45, 2.75) is 57.7 Å². The molecule has 4 rings (SSSR count). The summed E-state index contributed by atoms with van der Waals surface area (Å²) in [6.07, 6.45) is 3.16. The molecule has 2 atom stereocenters. The Hall–Kier alpha value is -2.97. The van der Waals surface area contributed by atoms with E-state index in [1.165, 1.54) is 6.20 Å². The lowest BCUT2D eigenvalue weighted by Crippen LogP contribution is -2.56. The minimum absolute atomic E-state index is 0.0150. The Bertz CT molecular complexity index is 1170. The third-order valence-corrected chi connectivity index (χ3v) is 6.68. The maximum Gasteiger partial charge on any atom is 0.410 e. The van der Waals surface area contributed by atoms with Crippen LogP contribution in [-0.2, 0) is 4.74 Å². The average molecular weight is 520 g/mol. The van der Waals surface area contributed by atoms with Crippen molar-refractivity contribution in [1.82, 2.24) is 24.8 Å². The maximum absolute atomic E-state index is 15.0. The highest BCUT2D eigenvalue weighted by Crippen LogP contribution is 2.32. The highest BCUT2D eigenvalue weighted by Gasteiger charge is 2.35. The first-order chi connectivity index (χ1) is 17.1. The van der Waals surface area contributed by atoms with E-state index in [0.29, 0.717) is 37.4 Å². The van der Waals surface area contributed by atoms with Gasteiger partial charge in [-0.15, -0.1) is 0 Å². The van der Waals surface area contributed by atoms with Crippen LogP contribution in [0.3, 0.4) is 0 Å². The number of nitrogens with zero attached hydrogens (tertiary/aromatic N) is 7. The Balaban J connectivity index is 1.64. The van der Waals surface area contributed by atoms with Crippen molar-refractivity contribution in [3.8, 4) is 12.1 Å². The highest BCUT2D eigenvalue weighted by molar-refractivity contribution is 6.30. The zero-order valence-electron chi connectivity index (χ0n) is 21.0. The van der Waals surface area contributed by atoms with E-state index >= 15 is 0 Å². The molecule has 0 saturated carbocycles. The molecule has 194 valence electrons. The van der Waals surface area contributed by atoms with Crippen LogP contribution in [0.4, 0.5) is 15.0 Å². The van der Waals surface area contributed by atoms with Crippen LogP contribution < -0.4 is 9.64 Å². The number of amides is 1. The molecule has 0 aliphatic carbocycles. The van der Waals surface area contributed by atoms with Crippen LogP contribution in [0.15, 0.2) is 6.20 Å². The van der Waals surface area contributed by atoms with E-state index in [0.717, 1.165) is 19.4 Å². The second-order valence-electron chi connectivity index (χ2n) is 10.2. The number of anilines is 1. The Kier molecular flexibility index (Phi) is 7.66. The number of rotatable bonds is 5. The van der Waals surface area contributed by atoms with Crippen molar-refractivity contribution in [3.05, 3.63) is 17.2 Å². The summed E-state index contributed by atoms with van der Waals surface area (Å²) < 4.78 is 26.4. The van der Waals surface area contributed by atoms with Gasteiger partial charge in [0.15, 0.2) is 11.0 Å². The van der Waals surface area contributed by atoms with Crippen molar-refractivity contribution >= 4 is 34.4 Å². The fourth-order valence-electron chi connectivity index (χ4n) is 4.55. The van der Waals surface area contributed by atoms with Crippen molar-refractivity contribution < 1.29 is 18.7 Å². The van der Waals surface area contributed by atoms with Gasteiger partial charge in [0.25, 0.3) is 0 Å². The van der Waals surface area contributed by atoms with E-state index < -0.39 is 23.6 Å². The Labute approximate surface area is 214 Å². The zero-order chi connectivity index (χ0) is 26.0. The molecule has 36 heavy (non-hydrogen) atoms. The van der Waals surface area contributed by atoms with Gasteiger partial charge in [-0.2, -0.15) is 15.2 Å². The number of likely N-dealkylation sites (N-methyl/N-ethyl adjacent to an activating group) is 1. The summed E-state index contributed by atoms with van der Waals surface area (Å²) in [5.41, 5.74) is -0.641. The molecule has 0 bridgehead atoms. The smallest absolute Gasteiger partial charge is 0.410 e. The van der Waals surface area contributed by atoms with Gasteiger partial charge in [-0.3, -0.25) is 0 Å². The van der Waals surface area contributed by atoms with Crippen molar-refractivity contribution in [1.29, 1.82) is 5.26 Å². The minimum atomic E-state index is -0.749. The molecule has 2 saturated heterocycles. The predicted molar refractivity (Wildman–Crippen MR) is 133 cm³/mol. The summed E-state index contributed by atoms with van der Waals surface area (Å²) >= 11 is 5.95. The Morgan fingerprint density at radius 3 is 2.72 bits per heavy atom. The van der Waals surface area contributed by atoms with E-state index in [2.05, 4.69) is 25.9 Å². The zero-order valence-corrected chi connectivity index (χ0v) is 21.8. The molecule has 2 aliphatic rings. The molecule has 0 aromatic carbocycles.